The molecule has 9 nitrogen and oxygen atoms in total. The van der Waals surface area contributed by atoms with Gasteiger partial charge in [0.1, 0.15) is 17.1 Å². The first kappa shape index (κ1) is 21.1. The number of rotatable bonds is 7. The highest BCUT2D eigenvalue weighted by atomic mass is 16.5. The Morgan fingerprint density at radius 3 is 2.73 bits per heavy atom. The van der Waals surface area contributed by atoms with E-state index in [4.69, 9.17) is 20.0 Å². The zero-order chi connectivity index (χ0) is 22.8. The molecule has 4 aromatic heterocycles. The standard InChI is InChI=1S/C24H26N6O3/c1-2-32-18-8-6-17(7-9-18)29-15-20(23(28-29)19-5-3-4-12-26-19)30-14-16(13-27-30)21-10-11-22(33-21)24(25)31/h3-5,10-15,17-18H,2,6-9H2,1H3,(H2,25,31). The minimum absolute atomic E-state index is 0.113. The maximum atomic E-state index is 11.4. The molecule has 170 valence electrons. The van der Waals surface area contributed by atoms with Crippen LogP contribution in [-0.2, 0) is 4.74 Å². The molecule has 0 bridgehead atoms. The van der Waals surface area contributed by atoms with Crippen LogP contribution in [-0.4, -0.2) is 43.2 Å². The van der Waals surface area contributed by atoms with E-state index < -0.39 is 5.91 Å². The number of hydrogen-bond acceptors (Lipinski definition) is 6. The fraction of sp³-hybridized carbons (Fsp3) is 0.333. The summed E-state index contributed by atoms with van der Waals surface area (Å²) in [6, 6.07) is 9.34. The average molecular weight is 447 g/mol. The monoisotopic (exact) mass is 446 g/mol. The Morgan fingerprint density at radius 2 is 2.03 bits per heavy atom. The van der Waals surface area contributed by atoms with Gasteiger partial charge in [-0.25, -0.2) is 4.68 Å². The third-order valence-electron chi connectivity index (χ3n) is 6.00. The number of carbonyl (C=O) groups is 1. The molecule has 0 aliphatic heterocycles. The number of amides is 1. The highest BCUT2D eigenvalue weighted by molar-refractivity contribution is 5.90. The first-order valence-corrected chi connectivity index (χ1v) is 11.2. The molecule has 1 amide bonds. The van der Waals surface area contributed by atoms with Crippen LogP contribution in [0.25, 0.3) is 28.4 Å². The molecule has 9 heteroatoms. The number of aromatic nitrogens is 5. The van der Waals surface area contributed by atoms with Crippen molar-refractivity contribution < 1.29 is 13.9 Å². The molecular weight excluding hydrogens is 420 g/mol. The third-order valence-corrected chi connectivity index (χ3v) is 6.00. The van der Waals surface area contributed by atoms with Crippen molar-refractivity contribution in [1.29, 1.82) is 0 Å². The lowest BCUT2D eigenvalue weighted by Gasteiger charge is -2.28. The van der Waals surface area contributed by atoms with E-state index in [0.29, 0.717) is 17.9 Å². The molecule has 0 aromatic carbocycles. The van der Waals surface area contributed by atoms with E-state index in [1.165, 1.54) is 0 Å². The summed E-state index contributed by atoms with van der Waals surface area (Å²) in [5, 5.41) is 9.47. The molecule has 4 heterocycles. The Bertz CT molecular complexity index is 1230. The van der Waals surface area contributed by atoms with Crippen molar-refractivity contribution in [2.45, 2.75) is 44.8 Å². The minimum Gasteiger partial charge on any atom is -0.451 e. The predicted molar refractivity (Wildman–Crippen MR) is 122 cm³/mol. The first-order valence-electron chi connectivity index (χ1n) is 11.2. The maximum Gasteiger partial charge on any atom is 0.284 e. The summed E-state index contributed by atoms with van der Waals surface area (Å²) < 4.78 is 15.2. The summed E-state index contributed by atoms with van der Waals surface area (Å²) in [5.74, 6) is 0.0323. The molecule has 1 fully saturated rings. The van der Waals surface area contributed by atoms with E-state index >= 15 is 0 Å². The van der Waals surface area contributed by atoms with Crippen molar-refractivity contribution >= 4 is 5.91 Å². The van der Waals surface area contributed by atoms with Gasteiger partial charge in [-0.15, -0.1) is 0 Å². The van der Waals surface area contributed by atoms with Gasteiger partial charge in [0.05, 0.1) is 35.8 Å². The maximum absolute atomic E-state index is 11.4. The molecule has 1 aliphatic rings. The summed E-state index contributed by atoms with van der Waals surface area (Å²) >= 11 is 0. The predicted octanol–water partition coefficient (Wildman–Crippen LogP) is 4.01. The molecule has 4 aromatic rings. The van der Waals surface area contributed by atoms with Gasteiger partial charge in [-0.2, -0.15) is 10.2 Å². The zero-order valence-corrected chi connectivity index (χ0v) is 18.4. The summed E-state index contributed by atoms with van der Waals surface area (Å²) in [6.07, 6.45) is 11.7. The quantitative estimate of drug-likeness (QED) is 0.459. The SMILES string of the molecule is CCOC1CCC(n2cc(-n3cc(-c4ccc(C(N)=O)o4)cn3)c(-c3ccccn3)n2)CC1. The van der Waals surface area contributed by atoms with E-state index in [1.807, 2.05) is 42.2 Å². The van der Waals surface area contributed by atoms with Crippen LogP contribution in [0.3, 0.4) is 0 Å². The normalized spacial score (nSPS) is 18.5. The fourth-order valence-corrected chi connectivity index (χ4v) is 4.34. The van der Waals surface area contributed by atoms with E-state index in [0.717, 1.165) is 54.9 Å². The lowest BCUT2D eigenvalue weighted by Crippen LogP contribution is -2.24. The Labute approximate surface area is 191 Å². The Balaban J connectivity index is 1.48. The lowest BCUT2D eigenvalue weighted by molar-refractivity contribution is 0.0260. The number of furan rings is 1. The Morgan fingerprint density at radius 1 is 1.18 bits per heavy atom. The zero-order valence-electron chi connectivity index (χ0n) is 18.4. The first-order chi connectivity index (χ1) is 16.1. The molecule has 0 unspecified atom stereocenters. The number of pyridine rings is 1. The number of ether oxygens (including phenoxy) is 1. The van der Waals surface area contributed by atoms with Crippen molar-refractivity contribution in [2.24, 2.45) is 5.73 Å². The van der Waals surface area contributed by atoms with Crippen LogP contribution >= 0.6 is 0 Å². The van der Waals surface area contributed by atoms with Crippen molar-refractivity contribution in [3.63, 3.8) is 0 Å². The van der Waals surface area contributed by atoms with E-state index in [1.54, 1.807) is 29.2 Å². The summed E-state index contributed by atoms with van der Waals surface area (Å²) in [5.41, 5.74) is 8.41. The van der Waals surface area contributed by atoms with Gasteiger partial charge in [0, 0.05) is 19.0 Å². The average Bonchev–Trinajstić information content (AvgIpc) is 3.59. The van der Waals surface area contributed by atoms with Crippen molar-refractivity contribution in [3.8, 4) is 28.4 Å². The van der Waals surface area contributed by atoms with Crippen LogP contribution in [0.4, 0.5) is 0 Å². The number of primary amides is 1. The van der Waals surface area contributed by atoms with Crippen molar-refractivity contribution in [1.82, 2.24) is 24.5 Å². The van der Waals surface area contributed by atoms with Crippen LogP contribution in [0.5, 0.6) is 0 Å². The third kappa shape index (κ3) is 4.31. The van der Waals surface area contributed by atoms with E-state index in [-0.39, 0.29) is 5.76 Å². The van der Waals surface area contributed by atoms with Gasteiger partial charge in [-0.3, -0.25) is 14.5 Å². The lowest BCUT2D eigenvalue weighted by atomic mass is 9.93. The van der Waals surface area contributed by atoms with Crippen LogP contribution in [0, 0.1) is 0 Å². The number of nitrogens with zero attached hydrogens (tertiary/aromatic N) is 5. The van der Waals surface area contributed by atoms with Gasteiger partial charge in [-0.05, 0) is 56.9 Å². The molecule has 1 aliphatic carbocycles. The molecule has 0 atom stereocenters. The van der Waals surface area contributed by atoms with Crippen LogP contribution in [0.15, 0.2) is 59.5 Å². The molecule has 0 saturated heterocycles. The van der Waals surface area contributed by atoms with Crippen LogP contribution in [0.2, 0.25) is 0 Å². The highest BCUT2D eigenvalue weighted by Gasteiger charge is 2.25. The Hall–Kier alpha value is -3.72. The minimum atomic E-state index is -0.605. The second-order valence-corrected chi connectivity index (χ2v) is 8.15. The summed E-state index contributed by atoms with van der Waals surface area (Å²) in [7, 11) is 0. The topological polar surface area (TPSA) is 114 Å². The van der Waals surface area contributed by atoms with Gasteiger partial charge in [-0.1, -0.05) is 6.07 Å². The highest BCUT2D eigenvalue weighted by Crippen LogP contribution is 2.33. The molecular formula is C24H26N6O3. The molecule has 5 rings (SSSR count). The van der Waals surface area contributed by atoms with Gasteiger partial charge < -0.3 is 14.9 Å². The fourth-order valence-electron chi connectivity index (χ4n) is 4.34. The van der Waals surface area contributed by atoms with Crippen LogP contribution < -0.4 is 5.73 Å². The second-order valence-electron chi connectivity index (χ2n) is 8.15. The number of nitrogens with two attached hydrogens (primary N) is 1. The summed E-state index contributed by atoms with van der Waals surface area (Å²) in [6.45, 7) is 2.80. The van der Waals surface area contributed by atoms with Crippen LogP contribution in [0.1, 0.15) is 49.2 Å². The van der Waals surface area contributed by atoms with E-state index in [2.05, 4.69) is 10.1 Å². The molecule has 1 saturated carbocycles. The number of carbonyl (C=O) groups excluding carboxylic acids is 1. The van der Waals surface area contributed by atoms with Gasteiger partial charge >= 0.3 is 0 Å². The number of hydrogen-bond donors (Lipinski definition) is 1. The molecule has 0 spiro atoms. The molecule has 0 radical (unpaired) electrons. The summed E-state index contributed by atoms with van der Waals surface area (Å²) in [4.78, 5) is 15.9. The van der Waals surface area contributed by atoms with Gasteiger partial charge in [0.25, 0.3) is 5.91 Å². The van der Waals surface area contributed by atoms with E-state index in [9.17, 15) is 4.79 Å². The van der Waals surface area contributed by atoms with Gasteiger partial charge in [0.2, 0.25) is 0 Å². The largest absolute Gasteiger partial charge is 0.451 e. The van der Waals surface area contributed by atoms with Crippen molar-refractivity contribution in [3.05, 3.63) is 60.9 Å². The molecule has 2 N–H and O–H groups in total. The molecule has 33 heavy (non-hydrogen) atoms. The van der Waals surface area contributed by atoms with Crippen molar-refractivity contribution in [2.75, 3.05) is 6.61 Å². The Kier molecular flexibility index (Phi) is 5.78. The van der Waals surface area contributed by atoms with Gasteiger partial charge in [0.15, 0.2) is 5.76 Å². The smallest absolute Gasteiger partial charge is 0.284 e. The second kappa shape index (κ2) is 9.03.